The first-order chi connectivity index (χ1) is 13.9. The number of amides is 1. The summed E-state index contributed by atoms with van der Waals surface area (Å²) in [4.78, 5) is 21.7. The van der Waals surface area contributed by atoms with Gasteiger partial charge < -0.3 is 15.4 Å². The van der Waals surface area contributed by atoms with Gasteiger partial charge in [0, 0.05) is 17.1 Å². The predicted octanol–water partition coefficient (Wildman–Crippen LogP) is 3.57. The van der Waals surface area contributed by atoms with Crippen molar-refractivity contribution < 1.29 is 9.53 Å². The molecule has 0 radical (unpaired) electrons. The van der Waals surface area contributed by atoms with Crippen LogP contribution in [0.4, 0.5) is 5.82 Å². The fourth-order valence-corrected chi connectivity index (χ4v) is 3.54. The van der Waals surface area contributed by atoms with E-state index in [1.165, 1.54) is 11.8 Å². The molecular formula is C19H23BrN6O2S. The lowest BCUT2D eigenvalue weighted by Crippen LogP contribution is -2.28. The fraction of sp³-hybridized carbons (Fsp3) is 0.368. The number of carbonyl (C=O) groups excluding carboxylic acids is 1. The second kappa shape index (κ2) is 9.45. The molecule has 0 fully saturated rings. The van der Waals surface area contributed by atoms with Crippen LogP contribution in [0.5, 0.6) is 5.75 Å². The summed E-state index contributed by atoms with van der Waals surface area (Å²) in [6, 6.07) is 5.53. The van der Waals surface area contributed by atoms with Crippen LogP contribution in [0.3, 0.4) is 0 Å². The molecule has 1 aromatic carbocycles. The molecule has 10 heteroatoms. The first kappa shape index (κ1) is 21.4. The summed E-state index contributed by atoms with van der Waals surface area (Å²) in [5, 5.41) is 12.2. The van der Waals surface area contributed by atoms with E-state index in [1.54, 1.807) is 36.2 Å². The highest BCUT2D eigenvalue weighted by atomic mass is 79.9. The summed E-state index contributed by atoms with van der Waals surface area (Å²) in [6.45, 7) is 5.01. The monoisotopic (exact) mass is 478 g/mol. The van der Waals surface area contributed by atoms with Gasteiger partial charge in [0.2, 0.25) is 0 Å². The van der Waals surface area contributed by atoms with Crippen LogP contribution >= 0.6 is 27.7 Å². The van der Waals surface area contributed by atoms with Gasteiger partial charge in [-0.3, -0.25) is 4.79 Å². The molecule has 0 aliphatic carbocycles. The van der Waals surface area contributed by atoms with Crippen molar-refractivity contribution in [3.05, 3.63) is 34.4 Å². The number of nitrogens with one attached hydrogen (secondary N) is 2. The van der Waals surface area contributed by atoms with Crippen molar-refractivity contribution in [2.45, 2.75) is 31.6 Å². The third-order valence-electron chi connectivity index (χ3n) is 4.11. The minimum Gasteiger partial charge on any atom is -0.497 e. The molecule has 0 bridgehead atoms. The van der Waals surface area contributed by atoms with Crippen LogP contribution in [0.25, 0.3) is 11.0 Å². The van der Waals surface area contributed by atoms with Crippen LogP contribution in [0.2, 0.25) is 0 Å². The van der Waals surface area contributed by atoms with Gasteiger partial charge in [0.25, 0.3) is 5.91 Å². The van der Waals surface area contributed by atoms with E-state index >= 15 is 0 Å². The molecule has 0 atom stereocenters. The number of thioether (sulfide) groups is 1. The largest absolute Gasteiger partial charge is 0.497 e. The van der Waals surface area contributed by atoms with Crippen LogP contribution in [0.15, 0.2) is 34.0 Å². The third-order valence-corrected chi connectivity index (χ3v) is 5.35. The van der Waals surface area contributed by atoms with E-state index < -0.39 is 0 Å². The molecule has 29 heavy (non-hydrogen) atoms. The Morgan fingerprint density at radius 1 is 1.34 bits per heavy atom. The van der Waals surface area contributed by atoms with Crippen LogP contribution in [-0.4, -0.2) is 51.6 Å². The number of carbonyl (C=O) groups is 1. The highest BCUT2D eigenvalue weighted by molar-refractivity contribution is 9.10. The molecule has 0 aliphatic heterocycles. The summed E-state index contributed by atoms with van der Waals surface area (Å²) in [5.41, 5.74) is 1.26. The number of nitrogens with zero attached hydrogens (tertiary/aromatic N) is 4. The maximum Gasteiger partial charge on any atom is 0.252 e. The number of anilines is 1. The fourth-order valence-electron chi connectivity index (χ4n) is 2.75. The molecule has 8 nitrogen and oxygen atoms in total. The van der Waals surface area contributed by atoms with Crippen LogP contribution < -0.4 is 15.4 Å². The van der Waals surface area contributed by atoms with Gasteiger partial charge in [0.1, 0.15) is 11.6 Å². The maximum atomic E-state index is 12.5. The summed E-state index contributed by atoms with van der Waals surface area (Å²) < 4.78 is 7.69. The zero-order valence-corrected chi connectivity index (χ0v) is 19.1. The van der Waals surface area contributed by atoms with Gasteiger partial charge in [-0.05, 0) is 54.2 Å². The predicted molar refractivity (Wildman–Crippen MR) is 119 cm³/mol. The van der Waals surface area contributed by atoms with Gasteiger partial charge in [-0.15, -0.1) is 0 Å². The summed E-state index contributed by atoms with van der Waals surface area (Å²) in [6.07, 6.45) is 3.69. The Bertz CT molecular complexity index is 1020. The number of hydrogen-bond donors (Lipinski definition) is 2. The van der Waals surface area contributed by atoms with Crippen molar-refractivity contribution in [1.29, 1.82) is 0 Å². The summed E-state index contributed by atoms with van der Waals surface area (Å²) in [7, 11) is 1.57. The van der Waals surface area contributed by atoms with Crippen molar-refractivity contribution >= 4 is 50.5 Å². The van der Waals surface area contributed by atoms with Gasteiger partial charge in [-0.25, -0.2) is 14.6 Å². The number of methoxy groups -OCH3 is 1. The molecular weight excluding hydrogens is 456 g/mol. The van der Waals surface area contributed by atoms with Crippen molar-refractivity contribution in [1.82, 2.24) is 25.1 Å². The van der Waals surface area contributed by atoms with Gasteiger partial charge in [-0.1, -0.05) is 11.8 Å². The number of hydrogen-bond acceptors (Lipinski definition) is 7. The summed E-state index contributed by atoms with van der Waals surface area (Å²) in [5.74, 6) is 1.21. The molecule has 3 aromatic rings. The van der Waals surface area contributed by atoms with Crippen LogP contribution in [0, 0.1) is 0 Å². The Morgan fingerprint density at radius 3 is 2.83 bits per heavy atom. The van der Waals surface area contributed by atoms with E-state index in [0.717, 1.165) is 16.9 Å². The molecule has 0 saturated heterocycles. The van der Waals surface area contributed by atoms with E-state index in [-0.39, 0.29) is 11.9 Å². The molecule has 1 amide bonds. The lowest BCUT2D eigenvalue weighted by atomic mass is 10.2. The average molecular weight is 479 g/mol. The molecule has 0 spiro atoms. The van der Waals surface area contributed by atoms with Gasteiger partial charge >= 0.3 is 0 Å². The smallest absolute Gasteiger partial charge is 0.252 e. The SMILES string of the molecule is COc1ccc(Br)c(C(=O)NCCn2ncc3c(NC(C)C)nc(SC)nc32)c1. The van der Waals surface area contributed by atoms with Crippen LogP contribution in [0.1, 0.15) is 24.2 Å². The first-order valence-electron chi connectivity index (χ1n) is 9.08. The second-order valence-electron chi connectivity index (χ2n) is 6.56. The normalized spacial score (nSPS) is 11.1. The zero-order valence-electron chi connectivity index (χ0n) is 16.7. The van der Waals surface area contributed by atoms with E-state index in [1.807, 2.05) is 6.26 Å². The second-order valence-corrected chi connectivity index (χ2v) is 8.19. The number of ether oxygens (including phenoxy) is 1. The standard InChI is InChI=1S/C19H23BrN6O2S/c1-11(2)23-16-14-10-22-26(17(14)25-19(24-16)29-4)8-7-21-18(27)13-9-12(28-3)5-6-15(13)20/h5-6,9-11H,7-8H2,1-4H3,(H,21,27)(H,23,24,25). The molecule has 2 N–H and O–H groups in total. The topological polar surface area (TPSA) is 94.0 Å². The number of fused-ring (bicyclic) bond motifs is 1. The van der Waals surface area contributed by atoms with E-state index in [4.69, 9.17) is 4.74 Å². The molecule has 154 valence electrons. The van der Waals surface area contributed by atoms with Crippen molar-refractivity contribution in [2.24, 2.45) is 0 Å². The van der Waals surface area contributed by atoms with Crippen molar-refractivity contribution in [3.8, 4) is 5.75 Å². The number of rotatable bonds is 8. The molecule has 0 saturated carbocycles. The van der Waals surface area contributed by atoms with E-state index in [0.29, 0.717) is 34.0 Å². The van der Waals surface area contributed by atoms with Gasteiger partial charge in [-0.2, -0.15) is 5.10 Å². The first-order valence-corrected chi connectivity index (χ1v) is 11.1. The molecule has 2 aromatic heterocycles. The van der Waals surface area contributed by atoms with Crippen LogP contribution in [-0.2, 0) is 6.54 Å². The Morgan fingerprint density at radius 2 is 2.14 bits per heavy atom. The molecule has 0 aliphatic rings. The third kappa shape index (κ3) is 4.99. The average Bonchev–Trinajstić information content (AvgIpc) is 3.11. The van der Waals surface area contributed by atoms with E-state index in [9.17, 15) is 4.79 Å². The minimum absolute atomic E-state index is 0.186. The lowest BCUT2D eigenvalue weighted by Gasteiger charge is -2.11. The summed E-state index contributed by atoms with van der Waals surface area (Å²) >= 11 is 4.88. The Balaban J connectivity index is 1.75. The Hall–Kier alpha value is -2.33. The molecule has 3 rings (SSSR count). The minimum atomic E-state index is -0.186. The van der Waals surface area contributed by atoms with Crippen molar-refractivity contribution in [3.63, 3.8) is 0 Å². The lowest BCUT2D eigenvalue weighted by molar-refractivity contribution is 0.0951. The Labute approximate surface area is 182 Å². The van der Waals surface area contributed by atoms with Gasteiger partial charge in [0.15, 0.2) is 10.8 Å². The maximum absolute atomic E-state index is 12.5. The molecule has 0 unspecified atom stereocenters. The quantitative estimate of drug-likeness (QED) is 0.377. The number of halogens is 1. The van der Waals surface area contributed by atoms with E-state index in [2.05, 4.69) is 55.5 Å². The van der Waals surface area contributed by atoms with Gasteiger partial charge in [0.05, 0.1) is 30.8 Å². The highest BCUT2D eigenvalue weighted by Gasteiger charge is 2.15. The number of aromatic nitrogens is 4. The van der Waals surface area contributed by atoms with Crippen molar-refractivity contribution in [2.75, 3.05) is 25.2 Å². The molecule has 2 heterocycles. The number of benzene rings is 1. The zero-order chi connectivity index (χ0) is 21.0. The Kier molecular flexibility index (Phi) is 6.96. The highest BCUT2D eigenvalue weighted by Crippen LogP contribution is 2.24.